The van der Waals surface area contributed by atoms with Gasteiger partial charge in [0.15, 0.2) is 0 Å². The maximum absolute atomic E-state index is 9.07. The van der Waals surface area contributed by atoms with E-state index in [0.717, 1.165) is 44.8 Å². The van der Waals surface area contributed by atoms with Gasteiger partial charge in [-0.3, -0.25) is 4.99 Å². The number of likely N-dealkylation sites (N-methyl/N-ethyl adjacent to an activating group) is 1. The highest BCUT2D eigenvalue weighted by Crippen LogP contribution is 2.55. The maximum Gasteiger partial charge on any atom is 0.0911 e. The van der Waals surface area contributed by atoms with Crippen LogP contribution >= 0.6 is 11.8 Å². The normalized spacial score (nSPS) is 31.6. The molecule has 0 N–H and O–H groups in total. The Bertz CT molecular complexity index is 729. The van der Waals surface area contributed by atoms with Gasteiger partial charge < -0.3 is 9.80 Å². The first kappa shape index (κ1) is 15.7. The van der Waals surface area contributed by atoms with Crippen molar-refractivity contribution in [2.45, 2.75) is 12.8 Å². The van der Waals surface area contributed by atoms with Crippen molar-refractivity contribution >= 4 is 18.0 Å². The summed E-state index contributed by atoms with van der Waals surface area (Å²) in [6.45, 7) is 4.33. The maximum atomic E-state index is 9.07. The summed E-state index contributed by atoms with van der Waals surface area (Å²) in [5.41, 5.74) is 5.11. The Balaban J connectivity index is 1.71. The van der Waals surface area contributed by atoms with Gasteiger partial charge in [0.1, 0.15) is 0 Å². The Morgan fingerprint density at radius 1 is 1.33 bits per heavy atom. The number of thioether (sulfide) groups is 1. The molecule has 3 aliphatic heterocycles. The zero-order valence-corrected chi connectivity index (χ0v) is 14.9. The molecule has 0 aromatic rings. The first-order valence-electron chi connectivity index (χ1n) is 8.51. The minimum atomic E-state index is -0.0478. The Morgan fingerprint density at radius 2 is 2.17 bits per heavy atom. The minimum Gasteiger partial charge on any atom is -0.369 e. The molecule has 0 saturated carbocycles. The van der Waals surface area contributed by atoms with Crippen LogP contribution in [0.4, 0.5) is 0 Å². The molecule has 5 heteroatoms. The van der Waals surface area contributed by atoms with Crippen molar-refractivity contribution in [3.05, 3.63) is 46.2 Å². The summed E-state index contributed by atoms with van der Waals surface area (Å²) in [6.07, 6.45) is 9.90. The lowest BCUT2D eigenvalue weighted by Crippen LogP contribution is -2.45. The molecule has 1 saturated heterocycles. The van der Waals surface area contributed by atoms with Gasteiger partial charge in [-0.25, -0.2) is 0 Å². The van der Waals surface area contributed by atoms with E-state index in [0.29, 0.717) is 0 Å². The van der Waals surface area contributed by atoms with Crippen molar-refractivity contribution < 1.29 is 0 Å². The van der Waals surface area contributed by atoms with Gasteiger partial charge in [-0.05, 0) is 36.9 Å². The smallest absolute Gasteiger partial charge is 0.0911 e. The Kier molecular flexibility index (Phi) is 4.11. The van der Waals surface area contributed by atoms with E-state index in [4.69, 9.17) is 10.3 Å². The van der Waals surface area contributed by atoms with E-state index < -0.39 is 0 Å². The topological polar surface area (TPSA) is 42.6 Å². The SMILES string of the molecule is CN1CCN(C2=CC=NC3=CCC(=CC#N)CC34CSC=C24)CC1. The third kappa shape index (κ3) is 2.54. The van der Waals surface area contributed by atoms with E-state index in [9.17, 15) is 0 Å². The highest BCUT2D eigenvalue weighted by Gasteiger charge is 2.46. The summed E-state index contributed by atoms with van der Waals surface area (Å²) in [5.74, 6) is 1.03. The zero-order chi connectivity index (χ0) is 16.6. The number of hydrogen-bond donors (Lipinski definition) is 0. The lowest BCUT2D eigenvalue weighted by Gasteiger charge is -2.41. The summed E-state index contributed by atoms with van der Waals surface area (Å²) in [6, 6.07) is 2.22. The molecule has 1 spiro atoms. The standard InChI is InChI=1S/C19H22N4S/c1-22-8-10-23(11-9-22)17-5-7-21-18-3-2-15(4-6-20)12-19(18)14-24-13-16(17)19/h3-5,7,13H,2,8-12,14H2,1H3. The van der Waals surface area contributed by atoms with Crippen LogP contribution in [0.25, 0.3) is 0 Å². The highest BCUT2D eigenvalue weighted by molar-refractivity contribution is 8.02. The molecule has 0 radical (unpaired) electrons. The van der Waals surface area contributed by atoms with E-state index in [2.05, 4.69) is 40.5 Å². The van der Waals surface area contributed by atoms with Gasteiger partial charge in [-0.1, -0.05) is 11.6 Å². The van der Waals surface area contributed by atoms with Crippen LogP contribution in [0.2, 0.25) is 0 Å². The second kappa shape index (κ2) is 6.27. The van der Waals surface area contributed by atoms with Crippen molar-refractivity contribution in [3.8, 4) is 6.07 Å². The van der Waals surface area contributed by atoms with Crippen LogP contribution in [0.1, 0.15) is 12.8 Å². The summed E-state index contributed by atoms with van der Waals surface area (Å²) >= 11 is 1.89. The van der Waals surface area contributed by atoms with E-state index >= 15 is 0 Å². The number of rotatable bonds is 1. The molecule has 1 unspecified atom stereocenters. The fourth-order valence-electron chi connectivity index (χ4n) is 4.07. The molecular weight excluding hydrogens is 316 g/mol. The van der Waals surface area contributed by atoms with Crippen LogP contribution in [0.5, 0.6) is 0 Å². The average molecular weight is 338 g/mol. The predicted octanol–water partition coefficient (Wildman–Crippen LogP) is 2.95. The van der Waals surface area contributed by atoms with Gasteiger partial charge in [0.05, 0.1) is 11.5 Å². The number of aliphatic imine (C=N–C) groups is 1. The van der Waals surface area contributed by atoms with Crippen molar-refractivity contribution in [3.63, 3.8) is 0 Å². The molecule has 4 rings (SSSR count). The van der Waals surface area contributed by atoms with E-state index in [-0.39, 0.29) is 5.41 Å². The van der Waals surface area contributed by atoms with Gasteiger partial charge in [0.25, 0.3) is 0 Å². The van der Waals surface area contributed by atoms with E-state index in [1.165, 1.54) is 22.5 Å². The molecule has 0 amide bonds. The van der Waals surface area contributed by atoms with Crippen LogP contribution in [0.3, 0.4) is 0 Å². The van der Waals surface area contributed by atoms with Gasteiger partial charge in [-0.15, -0.1) is 11.8 Å². The molecule has 124 valence electrons. The lowest BCUT2D eigenvalue weighted by molar-refractivity contribution is 0.185. The number of nitrogens with zero attached hydrogens (tertiary/aromatic N) is 4. The van der Waals surface area contributed by atoms with Crippen LogP contribution in [0.15, 0.2) is 51.2 Å². The highest BCUT2D eigenvalue weighted by atomic mass is 32.2. The third-order valence-corrected chi connectivity index (χ3v) is 6.52. The number of hydrogen-bond acceptors (Lipinski definition) is 5. The van der Waals surface area contributed by atoms with E-state index in [1.807, 2.05) is 18.0 Å². The van der Waals surface area contributed by atoms with Crippen molar-refractivity contribution in [2.75, 3.05) is 39.0 Å². The summed E-state index contributed by atoms with van der Waals surface area (Å²) < 4.78 is 0. The van der Waals surface area contributed by atoms with Gasteiger partial charge >= 0.3 is 0 Å². The molecule has 1 atom stereocenters. The molecule has 0 aromatic carbocycles. The monoisotopic (exact) mass is 338 g/mol. The second-order valence-electron chi connectivity index (χ2n) is 6.95. The quantitative estimate of drug-likeness (QED) is 0.690. The number of nitriles is 1. The molecule has 0 bridgehead atoms. The molecule has 1 aliphatic carbocycles. The van der Waals surface area contributed by atoms with Crippen molar-refractivity contribution in [2.24, 2.45) is 10.4 Å². The van der Waals surface area contributed by atoms with Crippen molar-refractivity contribution in [1.29, 1.82) is 5.26 Å². The predicted molar refractivity (Wildman–Crippen MR) is 99.6 cm³/mol. The molecule has 24 heavy (non-hydrogen) atoms. The fourth-order valence-corrected chi connectivity index (χ4v) is 5.36. The van der Waals surface area contributed by atoms with Crippen LogP contribution in [-0.2, 0) is 0 Å². The van der Waals surface area contributed by atoms with Crippen LogP contribution in [0, 0.1) is 16.7 Å². The lowest BCUT2D eigenvalue weighted by atomic mass is 9.70. The van der Waals surface area contributed by atoms with Gasteiger partial charge in [-0.2, -0.15) is 5.26 Å². The van der Waals surface area contributed by atoms with Gasteiger partial charge in [0, 0.05) is 55.6 Å². The summed E-state index contributed by atoms with van der Waals surface area (Å²) in [4.78, 5) is 9.69. The molecule has 4 aliphatic rings. The minimum absolute atomic E-state index is 0.0478. The molecule has 0 aromatic heterocycles. The molecule has 1 fully saturated rings. The van der Waals surface area contributed by atoms with E-state index in [1.54, 1.807) is 6.08 Å². The summed E-state index contributed by atoms with van der Waals surface area (Å²) in [5, 5.41) is 11.4. The third-order valence-electron chi connectivity index (χ3n) is 5.46. The Morgan fingerprint density at radius 3 is 2.96 bits per heavy atom. The number of allylic oxidation sites excluding steroid dienone is 6. The van der Waals surface area contributed by atoms with Crippen LogP contribution in [-0.4, -0.2) is 55.0 Å². The molecular formula is C19H22N4S. The average Bonchev–Trinajstić information content (AvgIpc) is 2.91. The second-order valence-corrected chi connectivity index (χ2v) is 7.80. The Labute approximate surface area is 147 Å². The molecule has 3 heterocycles. The largest absolute Gasteiger partial charge is 0.369 e. The first-order valence-corrected chi connectivity index (χ1v) is 9.56. The van der Waals surface area contributed by atoms with Crippen LogP contribution < -0.4 is 0 Å². The summed E-state index contributed by atoms with van der Waals surface area (Å²) in [7, 11) is 2.19. The van der Waals surface area contributed by atoms with Gasteiger partial charge in [0.2, 0.25) is 0 Å². The number of piperazine rings is 1. The first-order chi connectivity index (χ1) is 11.7. The zero-order valence-electron chi connectivity index (χ0n) is 14.0. The Hall–Kier alpha value is -1.77. The fraction of sp³-hybridized carbons (Fsp3) is 0.474. The molecule has 4 nitrogen and oxygen atoms in total. The van der Waals surface area contributed by atoms with Crippen molar-refractivity contribution in [1.82, 2.24) is 9.80 Å².